The highest BCUT2D eigenvalue weighted by atomic mass is 15.3. The van der Waals surface area contributed by atoms with Gasteiger partial charge in [0.1, 0.15) is 17.5 Å². The highest BCUT2D eigenvalue weighted by Gasteiger charge is 2.11. The van der Waals surface area contributed by atoms with Crippen molar-refractivity contribution in [2.24, 2.45) is 5.84 Å². The van der Waals surface area contributed by atoms with Crippen LogP contribution >= 0.6 is 0 Å². The summed E-state index contributed by atoms with van der Waals surface area (Å²) in [6, 6.07) is 0. The van der Waals surface area contributed by atoms with Crippen molar-refractivity contribution in [2.45, 2.75) is 52.9 Å². The molecule has 1 aromatic rings. The Kier molecular flexibility index (Phi) is 5.85. The number of anilines is 2. The average molecular weight is 251 g/mol. The number of nitrogen functional groups attached to an aromatic ring is 1. The molecule has 18 heavy (non-hydrogen) atoms. The van der Waals surface area contributed by atoms with E-state index in [1.807, 2.05) is 6.92 Å². The Morgan fingerprint density at radius 2 is 1.83 bits per heavy atom. The van der Waals surface area contributed by atoms with Crippen LogP contribution < -0.4 is 16.6 Å². The molecule has 0 saturated heterocycles. The molecule has 0 aromatic carbocycles. The molecule has 0 bridgehead atoms. The van der Waals surface area contributed by atoms with Gasteiger partial charge in [0.05, 0.1) is 0 Å². The Hall–Kier alpha value is -1.36. The second-order valence-corrected chi connectivity index (χ2v) is 4.84. The number of nitrogens with two attached hydrogens (primary N) is 1. The van der Waals surface area contributed by atoms with Crippen LogP contribution in [0.25, 0.3) is 0 Å². The van der Waals surface area contributed by atoms with Crippen LogP contribution in [0.1, 0.15) is 57.3 Å². The lowest BCUT2D eigenvalue weighted by atomic mass is 10.2. The standard InChI is InChI=1S/C13H25N5/c1-5-6-7-8-15-12-10(4)13(18-14)17-11(16-12)9(2)3/h9H,5-8,14H2,1-4H3,(H2,15,16,17,18). The minimum Gasteiger partial charge on any atom is -0.370 e. The molecule has 0 amide bonds. The molecule has 0 aliphatic rings. The van der Waals surface area contributed by atoms with Crippen LogP contribution in [0.15, 0.2) is 0 Å². The molecule has 0 fully saturated rings. The summed E-state index contributed by atoms with van der Waals surface area (Å²) >= 11 is 0. The van der Waals surface area contributed by atoms with Crippen molar-refractivity contribution in [3.63, 3.8) is 0 Å². The fourth-order valence-electron chi connectivity index (χ4n) is 1.69. The molecule has 0 atom stereocenters. The fraction of sp³-hybridized carbons (Fsp3) is 0.692. The largest absolute Gasteiger partial charge is 0.370 e. The van der Waals surface area contributed by atoms with Crippen molar-refractivity contribution >= 4 is 11.6 Å². The normalized spacial score (nSPS) is 10.8. The Balaban J connectivity index is 2.84. The van der Waals surface area contributed by atoms with E-state index in [4.69, 9.17) is 5.84 Å². The molecule has 0 spiro atoms. The van der Waals surface area contributed by atoms with Gasteiger partial charge < -0.3 is 10.7 Å². The zero-order valence-electron chi connectivity index (χ0n) is 11.9. The molecule has 1 aromatic heterocycles. The number of hydrazine groups is 1. The summed E-state index contributed by atoms with van der Waals surface area (Å²) in [5, 5.41) is 3.37. The van der Waals surface area contributed by atoms with Gasteiger partial charge in [-0.1, -0.05) is 33.6 Å². The van der Waals surface area contributed by atoms with Crippen molar-refractivity contribution < 1.29 is 0 Å². The molecule has 0 saturated carbocycles. The van der Waals surface area contributed by atoms with E-state index < -0.39 is 0 Å². The summed E-state index contributed by atoms with van der Waals surface area (Å²) < 4.78 is 0. The monoisotopic (exact) mass is 251 g/mol. The van der Waals surface area contributed by atoms with Gasteiger partial charge in [-0.2, -0.15) is 0 Å². The van der Waals surface area contributed by atoms with Gasteiger partial charge in [0.15, 0.2) is 0 Å². The summed E-state index contributed by atoms with van der Waals surface area (Å²) in [6.45, 7) is 9.26. The van der Waals surface area contributed by atoms with E-state index in [-0.39, 0.29) is 5.92 Å². The van der Waals surface area contributed by atoms with Crippen molar-refractivity contribution in [2.75, 3.05) is 17.3 Å². The van der Waals surface area contributed by atoms with Gasteiger partial charge in [-0.25, -0.2) is 15.8 Å². The minimum atomic E-state index is 0.286. The molecule has 5 heteroatoms. The maximum Gasteiger partial charge on any atom is 0.148 e. The number of nitrogens with zero attached hydrogens (tertiary/aromatic N) is 2. The summed E-state index contributed by atoms with van der Waals surface area (Å²) in [5.41, 5.74) is 3.61. The van der Waals surface area contributed by atoms with E-state index >= 15 is 0 Å². The van der Waals surface area contributed by atoms with Crippen LogP contribution in [0, 0.1) is 6.92 Å². The molecule has 0 aliphatic heterocycles. The molecule has 102 valence electrons. The van der Waals surface area contributed by atoms with Gasteiger partial charge in [-0.15, -0.1) is 0 Å². The van der Waals surface area contributed by atoms with Crippen LogP contribution in [0.3, 0.4) is 0 Å². The smallest absolute Gasteiger partial charge is 0.148 e. The topological polar surface area (TPSA) is 75.9 Å². The van der Waals surface area contributed by atoms with Crippen LogP contribution in [-0.2, 0) is 0 Å². The number of nitrogens with one attached hydrogen (secondary N) is 2. The number of rotatable bonds is 7. The predicted octanol–water partition coefficient (Wildman–Crippen LogP) is 2.80. The van der Waals surface area contributed by atoms with E-state index in [0.29, 0.717) is 5.82 Å². The summed E-state index contributed by atoms with van der Waals surface area (Å²) in [6.07, 6.45) is 3.61. The van der Waals surface area contributed by atoms with Crippen LogP contribution in [0.5, 0.6) is 0 Å². The van der Waals surface area contributed by atoms with Gasteiger partial charge in [0, 0.05) is 18.0 Å². The first-order valence-corrected chi connectivity index (χ1v) is 6.69. The van der Waals surface area contributed by atoms with E-state index in [0.717, 1.165) is 30.2 Å². The zero-order chi connectivity index (χ0) is 13.5. The number of hydrogen-bond donors (Lipinski definition) is 3. The van der Waals surface area contributed by atoms with Gasteiger partial charge in [-0.3, -0.25) is 0 Å². The lowest BCUT2D eigenvalue weighted by Gasteiger charge is -2.14. The zero-order valence-corrected chi connectivity index (χ0v) is 11.9. The van der Waals surface area contributed by atoms with Crippen molar-refractivity contribution in [1.29, 1.82) is 0 Å². The second kappa shape index (κ2) is 7.16. The molecule has 1 rings (SSSR count). The van der Waals surface area contributed by atoms with Crippen molar-refractivity contribution in [1.82, 2.24) is 9.97 Å². The second-order valence-electron chi connectivity index (χ2n) is 4.84. The summed E-state index contributed by atoms with van der Waals surface area (Å²) in [7, 11) is 0. The lowest BCUT2D eigenvalue weighted by Crippen LogP contribution is -2.15. The predicted molar refractivity (Wildman–Crippen MR) is 76.7 cm³/mol. The Labute approximate surface area is 110 Å². The van der Waals surface area contributed by atoms with Crippen LogP contribution in [-0.4, -0.2) is 16.5 Å². The van der Waals surface area contributed by atoms with Crippen LogP contribution in [0.2, 0.25) is 0 Å². The first kappa shape index (κ1) is 14.7. The molecule has 0 unspecified atom stereocenters. The maximum absolute atomic E-state index is 5.50. The molecular weight excluding hydrogens is 226 g/mol. The molecule has 4 N–H and O–H groups in total. The fourth-order valence-corrected chi connectivity index (χ4v) is 1.69. The van der Waals surface area contributed by atoms with Gasteiger partial charge in [-0.05, 0) is 13.3 Å². The lowest BCUT2D eigenvalue weighted by molar-refractivity contribution is 0.736. The maximum atomic E-state index is 5.50. The van der Waals surface area contributed by atoms with E-state index in [1.165, 1.54) is 12.8 Å². The Bertz CT molecular complexity index is 376. The highest BCUT2D eigenvalue weighted by molar-refractivity contribution is 5.56. The Morgan fingerprint density at radius 1 is 1.17 bits per heavy atom. The molecule has 0 aliphatic carbocycles. The summed E-state index contributed by atoms with van der Waals surface area (Å²) in [5.74, 6) is 8.18. The number of unbranched alkanes of at least 4 members (excludes halogenated alkanes) is 2. The van der Waals surface area contributed by atoms with Gasteiger partial charge >= 0.3 is 0 Å². The molecule has 1 heterocycles. The number of hydrogen-bond acceptors (Lipinski definition) is 5. The average Bonchev–Trinajstić information content (AvgIpc) is 2.36. The molecule has 0 radical (unpaired) electrons. The van der Waals surface area contributed by atoms with Gasteiger partial charge in [0.25, 0.3) is 0 Å². The Morgan fingerprint density at radius 3 is 2.39 bits per heavy atom. The van der Waals surface area contributed by atoms with Gasteiger partial charge in [0.2, 0.25) is 0 Å². The van der Waals surface area contributed by atoms with E-state index in [9.17, 15) is 0 Å². The third-order valence-electron chi connectivity index (χ3n) is 2.89. The first-order valence-electron chi connectivity index (χ1n) is 6.69. The third-order valence-corrected chi connectivity index (χ3v) is 2.89. The summed E-state index contributed by atoms with van der Waals surface area (Å²) in [4.78, 5) is 8.97. The van der Waals surface area contributed by atoms with Crippen LogP contribution in [0.4, 0.5) is 11.6 Å². The van der Waals surface area contributed by atoms with E-state index in [1.54, 1.807) is 0 Å². The quantitative estimate of drug-likeness (QED) is 0.395. The van der Waals surface area contributed by atoms with Crippen molar-refractivity contribution in [3.8, 4) is 0 Å². The minimum absolute atomic E-state index is 0.286. The van der Waals surface area contributed by atoms with Crippen molar-refractivity contribution in [3.05, 3.63) is 11.4 Å². The third kappa shape index (κ3) is 3.84. The SMILES string of the molecule is CCCCCNc1nc(C(C)C)nc(NN)c1C. The number of aromatic nitrogens is 2. The molecule has 5 nitrogen and oxygen atoms in total. The highest BCUT2D eigenvalue weighted by Crippen LogP contribution is 2.22. The van der Waals surface area contributed by atoms with E-state index in [2.05, 4.69) is 41.5 Å². The molecular formula is C13H25N5. The first-order chi connectivity index (χ1) is 8.60.